The number of aryl methyl sites for hydroxylation is 2. The van der Waals surface area contributed by atoms with Crippen LogP contribution in [-0.4, -0.2) is 13.5 Å². The SMILES string of the molecule is Cc1ccc(S(=O)(=O)Nc2ccc(CO)cc2C)cc1. The first-order valence-electron chi connectivity index (χ1n) is 6.22. The van der Waals surface area contributed by atoms with Gasteiger partial charge in [-0.3, -0.25) is 4.72 Å². The van der Waals surface area contributed by atoms with Crippen molar-refractivity contribution in [3.05, 3.63) is 59.2 Å². The van der Waals surface area contributed by atoms with Gasteiger partial charge in [0.05, 0.1) is 17.2 Å². The van der Waals surface area contributed by atoms with Crippen LogP contribution < -0.4 is 4.72 Å². The fourth-order valence-electron chi connectivity index (χ4n) is 1.86. The molecule has 0 unspecified atom stereocenters. The minimum atomic E-state index is -3.58. The van der Waals surface area contributed by atoms with Crippen LogP contribution in [0, 0.1) is 13.8 Å². The Kier molecular flexibility index (Phi) is 4.11. The first kappa shape index (κ1) is 14.6. The lowest BCUT2D eigenvalue weighted by molar-refractivity contribution is 0.282. The van der Waals surface area contributed by atoms with Crippen molar-refractivity contribution in [2.75, 3.05) is 4.72 Å². The summed E-state index contributed by atoms with van der Waals surface area (Å²) in [5.74, 6) is 0. The largest absolute Gasteiger partial charge is 0.392 e. The zero-order chi connectivity index (χ0) is 14.8. The van der Waals surface area contributed by atoms with Crippen LogP contribution in [0.5, 0.6) is 0 Å². The third kappa shape index (κ3) is 3.18. The molecule has 0 spiro atoms. The first-order chi connectivity index (χ1) is 9.42. The number of sulfonamides is 1. The topological polar surface area (TPSA) is 66.4 Å². The number of aliphatic hydroxyl groups is 1. The summed E-state index contributed by atoms with van der Waals surface area (Å²) in [6.45, 7) is 3.64. The van der Waals surface area contributed by atoms with E-state index >= 15 is 0 Å². The van der Waals surface area contributed by atoms with Gasteiger partial charge in [-0.25, -0.2) is 8.42 Å². The van der Waals surface area contributed by atoms with Crippen LogP contribution in [0.2, 0.25) is 0 Å². The van der Waals surface area contributed by atoms with Crippen LogP contribution in [-0.2, 0) is 16.6 Å². The van der Waals surface area contributed by atoms with E-state index in [1.165, 1.54) is 0 Å². The number of hydrogen-bond donors (Lipinski definition) is 2. The van der Waals surface area contributed by atoms with Gasteiger partial charge in [0, 0.05) is 0 Å². The van der Waals surface area contributed by atoms with E-state index in [1.807, 2.05) is 6.92 Å². The molecular formula is C15H17NO3S. The van der Waals surface area contributed by atoms with Crippen LogP contribution in [0.25, 0.3) is 0 Å². The smallest absolute Gasteiger partial charge is 0.261 e. The monoisotopic (exact) mass is 291 g/mol. The van der Waals surface area contributed by atoms with Crippen LogP contribution in [0.1, 0.15) is 16.7 Å². The molecule has 0 radical (unpaired) electrons. The van der Waals surface area contributed by atoms with Crippen molar-refractivity contribution in [1.29, 1.82) is 0 Å². The highest BCUT2D eigenvalue weighted by Gasteiger charge is 2.14. The van der Waals surface area contributed by atoms with Gasteiger partial charge < -0.3 is 5.11 Å². The Bertz CT molecular complexity index is 706. The lowest BCUT2D eigenvalue weighted by Gasteiger charge is -2.11. The molecule has 2 aromatic rings. The number of nitrogens with one attached hydrogen (secondary N) is 1. The van der Waals surface area contributed by atoms with E-state index in [0.717, 1.165) is 16.7 Å². The third-order valence-electron chi connectivity index (χ3n) is 3.05. The van der Waals surface area contributed by atoms with Gasteiger partial charge in [-0.1, -0.05) is 29.8 Å². The lowest BCUT2D eigenvalue weighted by atomic mass is 10.1. The Balaban J connectivity index is 2.31. The molecule has 0 heterocycles. The standard InChI is InChI=1S/C15H17NO3S/c1-11-3-6-14(7-4-11)20(18,19)16-15-8-5-13(10-17)9-12(15)2/h3-9,16-17H,10H2,1-2H3. The Morgan fingerprint density at radius 3 is 2.25 bits per heavy atom. The Labute approximate surface area is 119 Å². The second kappa shape index (κ2) is 5.64. The number of hydrogen-bond acceptors (Lipinski definition) is 3. The second-order valence-electron chi connectivity index (χ2n) is 4.73. The van der Waals surface area contributed by atoms with E-state index in [0.29, 0.717) is 5.69 Å². The van der Waals surface area contributed by atoms with Gasteiger partial charge in [0.15, 0.2) is 0 Å². The molecule has 0 atom stereocenters. The molecule has 0 aliphatic rings. The van der Waals surface area contributed by atoms with Gasteiger partial charge in [-0.2, -0.15) is 0 Å². The molecule has 20 heavy (non-hydrogen) atoms. The summed E-state index contributed by atoms with van der Waals surface area (Å²) < 4.78 is 27.1. The second-order valence-corrected chi connectivity index (χ2v) is 6.41. The maximum Gasteiger partial charge on any atom is 0.261 e. The molecule has 5 heteroatoms. The maximum absolute atomic E-state index is 12.3. The van der Waals surface area contributed by atoms with Crippen LogP contribution >= 0.6 is 0 Å². The van der Waals surface area contributed by atoms with Crippen molar-refractivity contribution >= 4 is 15.7 Å². The minimum Gasteiger partial charge on any atom is -0.392 e. The highest BCUT2D eigenvalue weighted by molar-refractivity contribution is 7.92. The van der Waals surface area contributed by atoms with Crippen LogP contribution in [0.15, 0.2) is 47.4 Å². The normalized spacial score (nSPS) is 11.3. The zero-order valence-corrected chi connectivity index (χ0v) is 12.2. The molecule has 2 N–H and O–H groups in total. The van der Waals surface area contributed by atoms with Crippen molar-refractivity contribution in [1.82, 2.24) is 0 Å². The van der Waals surface area contributed by atoms with Gasteiger partial charge in [-0.05, 0) is 43.2 Å². The number of anilines is 1. The summed E-state index contributed by atoms with van der Waals surface area (Å²) in [5, 5.41) is 9.05. The summed E-state index contributed by atoms with van der Waals surface area (Å²) in [7, 11) is -3.58. The molecule has 2 rings (SSSR count). The van der Waals surface area contributed by atoms with E-state index in [-0.39, 0.29) is 11.5 Å². The fourth-order valence-corrected chi connectivity index (χ4v) is 2.99. The van der Waals surface area contributed by atoms with E-state index in [9.17, 15) is 8.42 Å². The van der Waals surface area contributed by atoms with Gasteiger partial charge in [0.1, 0.15) is 0 Å². The quantitative estimate of drug-likeness (QED) is 0.910. The average Bonchev–Trinajstić information content (AvgIpc) is 2.41. The molecule has 0 aliphatic carbocycles. The highest BCUT2D eigenvalue weighted by Crippen LogP contribution is 2.21. The fraction of sp³-hybridized carbons (Fsp3) is 0.200. The first-order valence-corrected chi connectivity index (χ1v) is 7.70. The molecule has 0 bridgehead atoms. The summed E-state index contributed by atoms with van der Waals surface area (Å²) in [6, 6.07) is 11.8. The predicted molar refractivity (Wildman–Crippen MR) is 79.1 cm³/mol. The van der Waals surface area contributed by atoms with Crippen molar-refractivity contribution < 1.29 is 13.5 Å². The van der Waals surface area contributed by atoms with Crippen molar-refractivity contribution in [2.45, 2.75) is 25.3 Å². The summed E-state index contributed by atoms with van der Waals surface area (Å²) in [6.07, 6.45) is 0. The molecule has 0 saturated carbocycles. The molecule has 0 saturated heterocycles. The molecule has 0 aliphatic heterocycles. The van der Waals surface area contributed by atoms with Gasteiger partial charge >= 0.3 is 0 Å². The molecule has 0 fully saturated rings. The zero-order valence-electron chi connectivity index (χ0n) is 11.4. The summed E-state index contributed by atoms with van der Waals surface area (Å²) in [5.41, 5.74) is 3.04. The van der Waals surface area contributed by atoms with Crippen LogP contribution in [0.4, 0.5) is 5.69 Å². The average molecular weight is 291 g/mol. The Hall–Kier alpha value is -1.85. The highest BCUT2D eigenvalue weighted by atomic mass is 32.2. The molecule has 106 valence electrons. The molecule has 4 nitrogen and oxygen atoms in total. The van der Waals surface area contributed by atoms with Crippen molar-refractivity contribution in [2.24, 2.45) is 0 Å². The molecular weight excluding hydrogens is 274 g/mol. The van der Waals surface area contributed by atoms with Crippen LogP contribution in [0.3, 0.4) is 0 Å². The van der Waals surface area contributed by atoms with E-state index in [2.05, 4.69) is 4.72 Å². The van der Waals surface area contributed by atoms with Gasteiger partial charge in [0.25, 0.3) is 10.0 Å². The van der Waals surface area contributed by atoms with Gasteiger partial charge in [-0.15, -0.1) is 0 Å². The summed E-state index contributed by atoms with van der Waals surface area (Å²) in [4.78, 5) is 0.230. The van der Waals surface area contributed by atoms with Crippen molar-refractivity contribution in [3.63, 3.8) is 0 Å². The Morgan fingerprint density at radius 1 is 1.05 bits per heavy atom. The third-order valence-corrected chi connectivity index (χ3v) is 4.43. The number of benzene rings is 2. The van der Waals surface area contributed by atoms with E-state index in [1.54, 1.807) is 49.4 Å². The Morgan fingerprint density at radius 2 is 1.70 bits per heavy atom. The molecule has 0 amide bonds. The summed E-state index contributed by atoms with van der Waals surface area (Å²) >= 11 is 0. The predicted octanol–water partition coefficient (Wildman–Crippen LogP) is 2.60. The minimum absolute atomic E-state index is 0.0637. The van der Waals surface area contributed by atoms with Crippen molar-refractivity contribution in [3.8, 4) is 0 Å². The maximum atomic E-state index is 12.3. The lowest BCUT2D eigenvalue weighted by Crippen LogP contribution is -2.13. The van der Waals surface area contributed by atoms with E-state index in [4.69, 9.17) is 5.11 Å². The van der Waals surface area contributed by atoms with E-state index < -0.39 is 10.0 Å². The number of aliphatic hydroxyl groups excluding tert-OH is 1. The molecule has 2 aromatic carbocycles. The molecule has 0 aromatic heterocycles. The van der Waals surface area contributed by atoms with Gasteiger partial charge in [0.2, 0.25) is 0 Å². The number of rotatable bonds is 4.